The number of rotatable bonds is 6. The monoisotopic (exact) mass is 255 g/mol. The average Bonchev–Trinajstić information content (AvgIpc) is 2.37. The average molecular weight is 255 g/mol. The second-order valence-electron chi connectivity index (χ2n) is 3.90. The Morgan fingerprint density at radius 3 is 2.72 bits per heavy atom. The summed E-state index contributed by atoms with van der Waals surface area (Å²) < 4.78 is 18.1. The van der Waals surface area contributed by atoms with Crippen molar-refractivity contribution in [2.24, 2.45) is 0 Å². The van der Waals surface area contributed by atoms with Gasteiger partial charge in [0, 0.05) is 13.1 Å². The number of aliphatic hydroxyl groups is 1. The van der Waals surface area contributed by atoms with Gasteiger partial charge in [-0.15, -0.1) is 0 Å². The molecule has 0 aliphatic heterocycles. The number of esters is 1. The molecular weight excluding hydrogens is 237 g/mol. The third kappa shape index (κ3) is 3.78. The van der Waals surface area contributed by atoms with Crippen molar-refractivity contribution in [1.82, 2.24) is 4.90 Å². The Kier molecular flexibility index (Phi) is 5.74. The topological polar surface area (TPSA) is 49.8 Å². The van der Waals surface area contributed by atoms with Gasteiger partial charge in [-0.1, -0.05) is 13.0 Å². The van der Waals surface area contributed by atoms with Crippen molar-refractivity contribution in [3.63, 3.8) is 0 Å². The standard InChI is InChI=1S/C13H18FNO3/c1-3-15(6-7-16)9-10-4-5-11(12(14)8-10)13(17)18-2/h4-5,8,16H,3,6-7,9H2,1-2H3. The molecule has 0 amide bonds. The molecule has 1 N–H and O–H groups in total. The van der Waals surface area contributed by atoms with Gasteiger partial charge >= 0.3 is 5.97 Å². The number of ether oxygens (including phenoxy) is 1. The summed E-state index contributed by atoms with van der Waals surface area (Å²) in [6.07, 6.45) is 0. The van der Waals surface area contributed by atoms with Crippen LogP contribution >= 0.6 is 0 Å². The largest absolute Gasteiger partial charge is 0.465 e. The third-order valence-corrected chi connectivity index (χ3v) is 2.71. The molecule has 0 bridgehead atoms. The van der Waals surface area contributed by atoms with E-state index in [1.165, 1.54) is 19.2 Å². The maximum atomic E-state index is 13.7. The van der Waals surface area contributed by atoms with E-state index < -0.39 is 11.8 Å². The van der Waals surface area contributed by atoms with Crippen molar-refractivity contribution in [3.05, 3.63) is 35.1 Å². The number of aliphatic hydroxyl groups excluding tert-OH is 1. The Morgan fingerprint density at radius 1 is 1.50 bits per heavy atom. The minimum Gasteiger partial charge on any atom is -0.465 e. The highest BCUT2D eigenvalue weighted by molar-refractivity contribution is 5.89. The molecule has 5 heteroatoms. The van der Waals surface area contributed by atoms with E-state index in [4.69, 9.17) is 5.11 Å². The highest BCUT2D eigenvalue weighted by Gasteiger charge is 2.13. The van der Waals surface area contributed by atoms with Crippen molar-refractivity contribution < 1.29 is 19.0 Å². The van der Waals surface area contributed by atoms with Crippen LogP contribution < -0.4 is 0 Å². The van der Waals surface area contributed by atoms with Crippen LogP contribution in [0.25, 0.3) is 0 Å². The van der Waals surface area contributed by atoms with Gasteiger partial charge in [0.15, 0.2) is 0 Å². The van der Waals surface area contributed by atoms with Gasteiger partial charge in [0.2, 0.25) is 0 Å². The lowest BCUT2D eigenvalue weighted by Gasteiger charge is -2.19. The predicted octanol–water partition coefficient (Wildman–Crippen LogP) is 1.43. The van der Waals surface area contributed by atoms with Crippen LogP contribution in [0.15, 0.2) is 18.2 Å². The Bertz CT molecular complexity index is 409. The summed E-state index contributed by atoms with van der Waals surface area (Å²) in [5, 5.41) is 8.87. The zero-order chi connectivity index (χ0) is 13.5. The highest BCUT2D eigenvalue weighted by Crippen LogP contribution is 2.13. The highest BCUT2D eigenvalue weighted by atomic mass is 19.1. The van der Waals surface area contributed by atoms with Crippen LogP contribution in [0.5, 0.6) is 0 Å². The molecule has 0 atom stereocenters. The summed E-state index contributed by atoms with van der Waals surface area (Å²) in [7, 11) is 1.22. The minimum absolute atomic E-state index is 0.0635. The van der Waals surface area contributed by atoms with E-state index in [0.29, 0.717) is 13.1 Å². The molecule has 0 saturated heterocycles. The lowest BCUT2D eigenvalue weighted by molar-refractivity contribution is 0.0595. The zero-order valence-electron chi connectivity index (χ0n) is 10.6. The molecule has 0 aliphatic carbocycles. The third-order valence-electron chi connectivity index (χ3n) is 2.71. The molecule has 0 saturated carbocycles. The number of hydrogen-bond acceptors (Lipinski definition) is 4. The quantitative estimate of drug-likeness (QED) is 0.781. The first-order chi connectivity index (χ1) is 8.62. The molecular formula is C13H18FNO3. The Labute approximate surface area is 106 Å². The van der Waals surface area contributed by atoms with Crippen molar-refractivity contribution in [3.8, 4) is 0 Å². The number of likely N-dealkylation sites (N-methyl/N-ethyl adjacent to an activating group) is 1. The van der Waals surface area contributed by atoms with Crippen LogP contribution in [0.3, 0.4) is 0 Å². The number of nitrogens with zero attached hydrogens (tertiary/aromatic N) is 1. The van der Waals surface area contributed by atoms with Crippen LogP contribution in [-0.4, -0.2) is 42.8 Å². The number of carbonyl (C=O) groups excluding carboxylic acids is 1. The SMILES string of the molecule is CCN(CCO)Cc1ccc(C(=O)OC)c(F)c1. The van der Waals surface area contributed by atoms with Crippen LogP contribution in [0.2, 0.25) is 0 Å². The van der Waals surface area contributed by atoms with Gasteiger partial charge in [0.25, 0.3) is 0 Å². The maximum absolute atomic E-state index is 13.7. The molecule has 1 aromatic rings. The predicted molar refractivity (Wildman–Crippen MR) is 65.8 cm³/mol. The number of halogens is 1. The summed E-state index contributed by atoms with van der Waals surface area (Å²) >= 11 is 0. The molecule has 1 rings (SSSR count). The molecule has 1 aromatic carbocycles. The van der Waals surface area contributed by atoms with E-state index in [-0.39, 0.29) is 12.2 Å². The summed E-state index contributed by atoms with van der Waals surface area (Å²) in [6, 6.07) is 4.44. The van der Waals surface area contributed by atoms with E-state index in [1.807, 2.05) is 11.8 Å². The van der Waals surface area contributed by atoms with Gasteiger partial charge < -0.3 is 9.84 Å². The summed E-state index contributed by atoms with van der Waals surface area (Å²) in [5.74, 6) is -1.26. The Balaban J connectivity index is 2.80. The number of carbonyl (C=O) groups is 1. The van der Waals surface area contributed by atoms with Crippen LogP contribution in [0, 0.1) is 5.82 Å². The number of benzene rings is 1. The van der Waals surface area contributed by atoms with Crippen molar-refractivity contribution in [2.75, 3.05) is 26.8 Å². The van der Waals surface area contributed by atoms with E-state index in [1.54, 1.807) is 6.07 Å². The smallest absolute Gasteiger partial charge is 0.340 e. The molecule has 0 fully saturated rings. The lowest BCUT2D eigenvalue weighted by atomic mass is 10.1. The molecule has 0 heterocycles. The molecule has 0 unspecified atom stereocenters. The first-order valence-corrected chi connectivity index (χ1v) is 5.82. The van der Waals surface area contributed by atoms with Crippen molar-refractivity contribution in [2.45, 2.75) is 13.5 Å². The molecule has 100 valence electrons. The summed E-state index contributed by atoms with van der Waals surface area (Å²) in [6.45, 7) is 3.87. The lowest BCUT2D eigenvalue weighted by Crippen LogP contribution is -2.26. The minimum atomic E-state index is -0.679. The first kappa shape index (κ1) is 14.6. The first-order valence-electron chi connectivity index (χ1n) is 5.82. The fourth-order valence-electron chi connectivity index (χ4n) is 1.68. The van der Waals surface area contributed by atoms with Gasteiger partial charge in [-0.3, -0.25) is 4.90 Å². The van der Waals surface area contributed by atoms with Gasteiger partial charge in [0.1, 0.15) is 5.82 Å². The van der Waals surface area contributed by atoms with Gasteiger partial charge in [0.05, 0.1) is 19.3 Å². The van der Waals surface area contributed by atoms with Crippen LogP contribution in [0.4, 0.5) is 4.39 Å². The normalized spacial score (nSPS) is 10.7. The van der Waals surface area contributed by atoms with Gasteiger partial charge in [-0.25, -0.2) is 9.18 Å². The fraction of sp³-hybridized carbons (Fsp3) is 0.462. The second-order valence-corrected chi connectivity index (χ2v) is 3.90. The fourth-order valence-corrected chi connectivity index (χ4v) is 1.68. The van der Waals surface area contributed by atoms with E-state index in [0.717, 1.165) is 12.1 Å². The van der Waals surface area contributed by atoms with Gasteiger partial charge in [-0.05, 0) is 24.2 Å². The maximum Gasteiger partial charge on any atom is 0.340 e. The van der Waals surface area contributed by atoms with Crippen molar-refractivity contribution in [1.29, 1.82) is 0 Å². The molecule has 0 spiro atoms. The Hall–Kier alpha value is -1.46. The summed E-state index contributed by atoms with van der Waals surface area (Å²) in [5.41, 5.74) is 0.696. The zero-order valence-corrected chi connectivity index (χ0v) is 10.6. The Morgan fingerprint density at radius 2 is 2.22 bits per heavy atom. The second kappa shape index (κ2) is 7.08. The number of hydrogen-bond donors (Lipinski definition) is 1. The van der Waals surface area contributed by atoms with Crippen LogP contribution in [-0.2, 0) is 11.3 Å². The molecule has 18 heavy (non-hydrogen) atoms. The number of methoxy groups -OCH3 is 1. The molecule has 0 aromatic heterocycles. The van der Waals surface area contributed by atoms with Gasteiger partial charge in [-0.2, -0.15) is 0 Å². The van der Waals surface area contributed by atoms with E-state index >= 15 is 0 Å². The van der Waals surface area contributed by atoms with E-state index in [2.05, 4.69) is 4.74 Å². The van der Waals surface area contributed by atoms with E-state index in [9.17, 15) is 9.18 Å². The molecule has 0 radical (unpaired) electrons. The molecule has 4 nitrogen and oxygen atoms in total. The van der Waals surface area contributed by atoms with Crippen molar-refractivity contribution >= 4 is 5.97 Å². The summed E-state index contributed by atoms with van der Waals surface area (Å²) in [4.78, 5) is 13.2. The van der Waals surface area contributed by atoms with Crippen LogP contribution in [0.1, 0.15) is 22.8 Å². The molecule has 0 aliphatic rings.